The Hall–Kier alpha value is -2.84. The topological polar surface area (TPSA) is 87.6 Å². The van der Waals surface area contributed by atoms with Crippen molar-refractivity contribution in [1.82, 2.24) is 9.29 Å². The maximum atomic E-state index is 13.1. The number of halogens is 1. The minimum absolute atomic E-state index is 0.0196. The number of pyridine rings is 1. The third kappa shape index (κ3) is 3.16. The molecule has 3 aromatic rings. The summed E-state index contributed by atoms with van der Waals surface area (Å²) >= 11 is 0. The number of carboxylic acid groups (broad SMARTS) is 1. The molecule has 1 aromatic heterocycles. The summed E-state index contributed by atoms with van der Waals surface area (Å²) < 4.78 is 38.8. The van der Waals surface area contributed by atoms with Crippen LogP contribution in [0.15, 0.2) is 53.4 Å². The van der Waals surface area contributed by atoms with Gasteiger partial charge < -0.3 is 5.11 Å². The Labute approximate surface area is 149 Å². The maximum Gasteiger partial charge on any atom is 0.336 e. The Bertz CT molecular complexity index is 1110. The van der Waals surface area contributed by atoms with Gasteiger partial charge in [-0.05, 0) is 48.5 Å². The molecule has 0 spiro atoms. The van der Waals surface area contributed by atoms with Crippen molar-refractivity contribution >= 4 is 26.9 Å². The summed E-state index contributed by atoms with van der Waals surface area (Å²) in [6.45, 7) is 0. The lowest BCUT2D eigenvalue weighted by atomic mass is 10.0. The highest BCUT2D eigenvalue weighted by Gasteiger charge is 2.20. The Morgan fingerprint density at radius 1 is 1.08 bits per heavy atom. The molecule has 0 saturated heterocycles. The van der Waals surface area contributed by atoms with E-state index in [4.69, 9.17) is 0 Å². The van der Waals surface area contributed by atoms with Crippen molar-refractivity contribution in [3.05, 3.63) is 59.9 Å². The first kappa shape index (κ1) is 18.0. The van der Waals surface area contributed by atoms with Crippen molar-refractivity contribution in [3.8, 4) is 11.3 Å². The van der Waals surface area contributed by atoms with Crippen LogP contribution < -0.4 is 0 Å². The number of aromatic carboxylic acids is 1. The fraction of sp³-hybridized carbons (Fsp3) is 0.111. The molecule has 134 valence electrons. The third-order valence-corrected chi connectivity index (χ3v) is 5.74. The van der Waals surface area contributed by atoms with Crippen LogP contribution in [0.25, 0.3) is 22.2 Å². The van der Waals surface area contributed by atoms with Gasteiger partial charge in [0, 0.05) is 25.0 Å². The van der Waals surface area contributed by atoms with Crippen LogP contribution in [0, 0.1) is 5.82 Å². The molecule has 6 nitrogen and oxygen atoms in total. The molecular weight excluding hydrogens is 359 g/mol. The van der Waals surface area contributed by atoms with Gasteiger partial charge in [-0.1, -0.05) is 0 Å². The van der Waals surface area contributed by atoms with Crippen LogP contribution >= 0.6 is 0 Å². The van der Waals surface area contributed by atoms with Gasteiger partial charge in [0.1, 0.15) is 5.82 Å². The average Bonchev–Trinajstić information content (AvgIpc) is 2.60. The Kier molecular flexibility index (Phi) is 4.47. The molecule has 2 aromatic carbocycles. The molecule has 0 bridgehead atoms. The van der Waals surface area contributed by atoms with Crippen molar-refractivity contribution in [1.29, 1.82) is 0 Å². The molecule has 0 unspecified atom stereocenters. The van der Waals surface area contributed by atoms with Crippen molar-refractivity contribution in [2.24, 2.45) is 0 Å². The second-order valence-corrected chi connectivity index (χ2v) is 7.99. The van der Waals surface area contributed by atoms with Crippen LogP contribution in [-0.4, -0.2) is 42.9 Å². The fourth-order valence-corrected chi connectivity index (χ4v) is 3.45. The van der Waals surface area contributed by atoms with Crippen LogP contribution in [0.2, 0.25) is 0 Å². The van der Waals surface area contributed by atoms with Gasteiger partial charge in [0.25, 0.3) is 0 Å². The van der Waals surface area contributed by atoms with E-state index in [0.29, 0.717) is 16.8 Å². The minimum Gasteiger partial charge on any atom is -0.478 e. The fourth-order valence-electron chi connectivity index (χ4n) is 2.52. The van der Waals surface area contributed by atoms with Crippen molar-refractivity contribution in [2.45, 2.75) is 4.90 Å². The smallest absolute Gasteiger partial charge is 0.336 e. The van der Waals surface area contributed by atoms with Crippen molar-refractivity contribution < 1.29 is 22.7 Å². The summed E-state index contributed by atoms with van der Waals surface area (Å²) in [6, 6.07) is 11.0. The van der Waals surface area contributed by atoms with Gasteiger partial charge in [0.05, 0.1) is 21.7 Å². The van der Waals surface area contributed by atoms with Crippen LogP contribution in [0.3, 0.4) is 0 Å². The highest BCUT2D eigenvalue weighted by molar-refractivity contribution is 7.89. The van der Waals surface area contributed by atoms with Crippen LogP contribution in [0.4, 0.5) is 4.39 Å². The zero-order chi connectivity index (χ0) is 19.1. The first-order valence-electron chi connectivity index (χ1n) is 7.57. The average molecular weight is 374 g/mol. The highest BCUT2D eigenvalue weighted by Crippen LogP contribution is 2.27. The lowest BCUT2D eigenvalue weighted by Crippen LogP contribution is -2.22. The van der Waals surface area contributed by atoms with Gasteiger partial charge >= 0.3 is 5.97 Å². The molecular formula is C18H15FN2O4S. The molecule has 0 aliphatic carbocycles. The number of sulfonamides is 1. The quantitative estimate of drug-likeness (QED) is 0.759. The van der Waals surface area contributed by atoms with E-state index in [0.717, 1.165) is 4.31 Å². The molecule has 0 amide bonds. The van der Waals surface area contributed by atoms with E-state index >= 15 is 0 Å². The maximum absolute atomic E-state index is 13.1. The number of rotatable bonds is 4. The van der Waals surface area contributed by atoms with E-state index in [1.54, 1.807) is 0 Å². The van der Waals surface area contributed by atoms with Crippen LogP contribution in [-0.2, 0) is 10.0 Å². The molecule has 0 aliphatic rings. The number of aromatic nitrogens is 1. The number of fused-ring (bicyclic) bond motifs is 1. The summed E-state index contributed by atoms with van der Waals surface area (Å²) in [6.07, 6.45) is 0. The Morgan fingerprint density at radius 3 is 2.31 bits per heavy atom. The number of nitrogens with zero attached hydrogens (tertiary/aromatic N) is 2. The second kappa shape index (κ2) is 6.47. The highest BCUT2D eigenvalue weighted by atomic mass is 32.2. The summed E-state index contributed by atoms with van der Waals surface area (Å²) in [5, 5.41) is 9.77. The van der Waals surface area contributed by atoms with E-state index in [9.17, 15) is 22.7 Å². The van der Waals surface area contributed by atoms with Gasteiger partial charge in [-0.25, -0.2) is 26.9 Å². The first-order valence-corrected chi connectivity index (χ1v) is 9.01. The number of hydrogen-bond donors (Lipinski definition) is 1. The van der Waals surface area contributed by atoms with E-state index in [2.05, 4.69) is 4.98 Å². The molecule has 0 radical (unpaired) electrons. The van der Waals surface area contributed by atoms with Gasteiger partial charge in [0.2, 0.25) is 10.0 Å². The Balaban J connectivity index is 2.26. The predicted octanol–water partition coefficient (Wildman–Crippen LogP) is 2.99. The molecule has 0 aliphatic heterocycles. The normalized spacial score (nSPS) is 11.8. The monoisotopic (exact) mass is 374 g/mol. The molecule has 3 rings (SSSR count). The molecule has 0 fully saturated rings. The molecule has 8 heteroatoms. The SMILES string of the molecule is CN(C)S(=O)(=O)c1ccc2nc(-c3ccc(F)cc3)cc(C(=O)O)c2c1. The zero-order valence-corrected chi connectivity index (χ0v) is 14.8. The molecule has 1 N–H and O–H groups in total. The molecule has 0 atom stereocenters. The lowest BCUT2D eigenvalue weighted by Gasteiger charge is -2.13. The largest absolute Gasteiger partial charge is 0.478 e. The molecule has 26 heavy (non-hydrogen) atoms. The van der Waals surface area contributed by atoms with Gasteiger partial charge in [0.15, 0.2) is 0 Å². The number of carboxylic acids is 1. The predicted molar refractivity (Wildman–Crippen MR) is 95.0 cm³/mol. The van der Waals surface area contributed by atoms with Gasteiger partial charge in [-0.3, -0.25) is 0 Å². The molecule has 1 heterocycles. The van der Waals surface area contributed by atoms with E-state index < -0.39 is 21.8 Å². The first-order chi connectivity index (χ1) is 12.2. The van der Waals surface area contributed by atoms with Crippen LogP contribution in [0.5, 0.6) is 0 Å². The number of carbonyl (C=O) groups is 1. The summed E-state index contributed by atoms with van der Waals surface area (Å²) in [4.78, 5) is 16.1. The summed E-state index contributed by atoms with van der Waals surface area (Å²) in [7, 11) is -0.914. The minimum atomic E-state index is -3.71. The number of hydrogen-bond acceptors (Lipinski definition) is 4. The molecule has 0 saturated carbocycles. The van der Waals surface area contributed by atoms with E-state index in [1.165, 1.54) is 62.6 Å². The number of benzene rings is 2. The van der Waals surface area contributed by atoms with E-state index in [1.807, 2.05) is 0 Å². The summed E-state index contributed by atoms with van der Waals surface area (Å²) in [5.41, 5.74) is 1.17. The zero-order valence-electron chi connectivity index (χ0n) is 14.0. The van der Waals surface area contributed by atoms with Gasteiger partial charge in [-0.15, -0.1) is 0 Å². The lowest BCUT2D eigenvalue weighted by molar-refractivity contribution is 0.0699. The summed E-state index contributed by atoms with van der Waals surface area (Å²) in [5.74, 6) is -1.62. The standard InChI is InChI=1S/C18H15FN2O4S/c1-21(2)26(24,25)13-7-8-16-14(9-13)15(18(22)23)10-17(20-16)11-3-5-12(19)6-4-11/h3-10H,1-2H3,(H,22,23). The van der Waals surface area contributed by atoms with Crippen molar-refractivity contribution in [2.75, 3.05) is 14.1 Å². The Morgan fingerprint density at radius 2 is 1.73 bits per heavy atom. The second-order valence-electron chi connectivity index (χ2n) is 5.83. The van der Waals surface area contributed by atoms with Crippen LogP contribution in [0.1, 0.15) is 10.4 Å². The van der Waals surface area contributed by atoms with E-state index in [-0.39, 0.29) is 15.8 Å². The van der Waals surface area contributed by atoms with Crippen molar-refractivity contribution in [3.63, 3.8) is 0 Å². The third-order valence-electron chi connectivity index (χ3n) is 3.93. The van der Waals surface area contributed by atoms with Gasteiger partial charge in [-0.2, -0.15) is 0 Å².